The minimum Gasteiger partial charge on any atom is -0.459 e. The first-order chi connectivity index (χ1) is 11.5. The van der Waals surface area contributed by atoms with Gasteiger partial charge in [0.1, 0.15) is 11.6 Å². The number of carbonyl (C=O) groups excluding carboxylic acids is 1. The normalized spacial score (nSPS) is 29.5. The highest BCUT2D eigenvalue weighted by atomic mass is 19.3. The number of amidine groups is 1. The van der Waals surface area contributed by atoms with Gasteiger partial charge >= 0.3 is 5.92 Å². The van der Waals surface area contributed by atoms with E-state index in [1.165, 1.54) is 6.07 Å². The Labute approximate surface area is 139 Å². The van der Waals surface area contributed by atoms with Crippen LogP contribution in [0, 0.1) is 11.7 Å². The van der Waals surface area contributed by atoms with E-state index in [0.717, 1.165) is 19.1 Å². The number of alkyl halides is 4. The number of rotatable bonds is 4. The molecule has 1 aliphatic carbocycles. The van der Waals surface area contributed by atoms with Crippen LogP contribution in [-0.2, 0) is 21.5 Å². The Hall–Kier alpha value is -2.19. The zero-order valence-electron chi connectivity index (χ0n) is 13.2. The largest absolute Gasteiger partial charge is 0.459 e. The molecule has 4 nitrogen and oxygen atoms in total. The lowest BCUT2D eigenvalue weighted by molar-refractivity contribution is -0.121. The third-order valence-electron chi connectivity index (χ3n) is 4.60. The minimum atomic E-state index is -3.55. The monoisotopic (exact) mass is 362 g/mol. The van der Waals surface area contributed by atoms with Crippen LogP contribution in [0.15, 0.2) is 23.2 Å². The Bertz CT molecular complexity index is 765. The van der Waals surface area contributed by atoms with Gasteiger partial charge in [-0.15, -0.1) is 0 Å². The number of ketones is 1. The van der Waals surface area contributed by atoms with Crippen molar-refractivity contribution in [2.75, 3.05) is 6.61 Å². The predicted octanol–water partition coefficient (Wildman–Crippen LogP) is 2.79. The summed E-state index contributed by atoms with van der Waals surface area (Å²) in [5.74, 6) is -9.61. The molecule has 9 heteroatoms. The molecule has 0 amide bonds. The molecule has 2 atom stereocenters. The number of carbonyl (C=O) groups is 1. The van der Waals surface area contributed by atoms with Crippen LogP contribution in [-0.4, -0.2) is 30.3 Å². The predicted molar refractivity (Wildman–Crippen MR) is 78.0 cm³/mol. The van der Waals surface area contributed by atoms with Crippen LogP contribution in [0.3, 0.4) is 0 Å². The van der Waals surface area contributed by atoms with Gasteiger partial charge in [-0.3, -0.25) is 4.79 Å². The fourth-order valence-electron chi connectivity index (χ4n) is 2.84. The zero-order valence-corrected chi connectivity index (χ0v) is 13.2. The SMILES string of the molecule is C[C@]1(c2cc(CC(=O)C3CC3(F)F)ccc2F)N=C(N)OCC1(F)F. The Morgan fingerprint density at radius 2 is 2.00 bits per heavy atom. The van der Waals surface area contributed by atoms with Crippen molar-refractivity contribution in [3.63, 3.8) is 0 Å². The third-order valence-corrected chi connectivity index (χ3v) is 4.60. The molecule has 1 fully saturated rings. The number of Topliss-reactive ketones (excluding diaryl/α,β-unsaturated/α-hetero) is 1. The van der Waals surface area contributed by atoms with Gasteiger partial charge in [-0.25, -0.2) is 18.2 Å². The molecule has 0 radical (unpaired) electrons. The fourth-order valence-corrected chi connectivity index (χ4v) is 2.84. The molecule has 136 valence electrons. The van der Waals surface area contributed by atoms with Gasteiger partial charge in [-0.05, 0) is 24.6 Å². The Balaban J connectivity index is 1.94. The average molecular weight is 362 g/mol. The van der Waals surface area contributed by atoms with Gasteiger partial charge in [0.2, 0.25) is 0 Å². The van der Waals surface area contributed by atoms with E-state index in [4.69, 9.17) is 5.73 Å². The first-order valence-electron chi connectivity index (χ1n) is 7.52. The summed E-state index contributed by atoms with van der Waals surface area (Å²) in [6.45, 7) is -0.0723. The molecule has 1 unspecified atom stereocenters. The molecule has 0 spiro atoms. The number of hydrogen-bond donors (Lipinski definition) is 1. The second-order valence-electron chi connectivity index (χ2n) is 6.49. The molecule has 1 saturated carbocycles. The summed E-state index contributed by atoms with van der Waals surface area (Å²) in [6.07, 6.45) is -0.918. The lowest BCUT2D eigenvalue weighted by Crippen LogP contribution is -2.51. The number of hydrogen-bond acceptors (Lipinski definition) is 4. The number of benzene rings is 1. The molecule has 1 aliphatic heterocycles. The van der Waals surface area contributed by atoms with Crippen LogP contribution < -0.4 is 5.73 Å². The fraction of sp³-hybridized carbons (Fsp3) is 0.500. The molecule has 0 bridgehead atoms. The second-order valence-corrected chi connectivity index (χ2v) is 6.49. The summed E-state index contributed by atoms with van der Waals surface area (Å²) >= 11 is 0. The van der Waals surface area contributed by atoms with Crippen LogP contribution in [0.25, 0.3) is 0 Å². The molecular formula is C16H15F5N2O2. The molecule has 0 saturated heterocycles. The number of aliphatic imine (C=N–C) groups is 1. The first kappa shape index (κ1) is 17.6. The highest BCUT2D eigenvalue weighted by molar-refractivity contribution is 5.87. The minimum absolute atomic E-state index is 0.154. The van der Waals surface area contributed by atoms with Gasteiger partial charge < -0.3 is 10.5 Å². The Kier molecular flexibility index (Phi) is 3.81. The summed E-state index contributed by atoms with van der Waals surface area (Å²) in [5.41, 5.74) is 2.70. The van der Waals surface area contributed by atoms with Crippen molar-refractivity contribution >= 4 is 11.8 Å². The molecule has 1 aromatic rings. The maximum atomic E-state index is 14.3. The number of nitrogens with zero attached hydrogens (tertiary/aromatic N) is 1. The van der Waals surface area contributed by atoms with Crippen molar-refractivity contribution in [3.05, 3.63) is 35.1 Å². The summed E-state index contributed by atoms with van der Waals surface area (Å²) in [4.78, 5) is 15.4. The van der Waals surface area contributed by atoms with Crippen LogP contribution in [0.2, 0.25) is 0 Å². The molecule has 2 aliphatic rings. The molecule has 0 aromatic heterocycles. The highest BCUT2D eigenvalue weighted by Crippen LogP contribution is 2.49. The van der Waals surface area contributed by atoms with Gasteiger partial charge in [-0.1, -0.05) is 6.07 Å². The highest BCUT2D eigenvalue weighted by Gasteiger charge is 2.60. The van der Waals surface area contributed by atoms with Gasteiger partial charge in [0.15, 0.2) is 12.1 Å². The van der Waals surface area contributed by atoms with E-state index in [2.05, 4.69) is 9.73 Å². The lowest BCUT2D eigenvalue weighted by Gasteiger charge is -2.37. The van der Waals surface area contributed by atoms with Gasteiger partial charge in [-0.2, -0.15) is 8.78 Å². The van der Waals surface area contributed by atoms with Gasteiger partial charge in [0.05, 0.1) is 5.92 Å². The van der Waals surface area contributed by atoms with Crippen molar-refractivity contribution < 1.29 is 31.5 Å². The summed E-state index contributed by atoms with van der Waals surface area (Å²) in [7, 11) is 0. The molecule has 25 heavy (non-hydrogen) atoms. The van der Waals surface area contributed by atoms with Crippen molar-refractivity contribution in [2.24, 2.45) is 16.6 Å². The lowest BCUT2D eigenvalue weighted by atomic mass is 9.84. The smallest absolute Gasteiger partial charge is 0.310 e. The summed E-state index contributed by atoms with van der Waals surface area (Å²) in [6, 6.07) is 2.65. The van der Waals surface area contributed by atoms with E-state index in [1.807, 2.05) is 0 Å². The van der Waals surface area contributed by atoms with Gasteiger partial charge in [0, 0.05) is 18.4 Å². The standard InChI is InChI=1S/C16H15F5N2O2/c1-14(16(20,21)7-25-13(22)23-14)9-4-8(2-3-11(9)17)5-12(24)10-6-15(10,18)19/h2-4,10H,5-7H2,1H3,(H2,22,23)/t10?,14-/m1/s1. The van der Waals surface area contributed by atoms with Crippen molar-refractivity contribution in [1.29, 1.82) is 0 Å². The molecule has 3 rings (SSSR count). The van der Waals surface area contributed by atoms with E-state index in [1.54, 1.807) is 0 Å². The van der Waals surface area contributed by atoms with Crippen LogP contribution in [0.1, 0.15) is 24.5 Å². The zero-order chi connectivity index (χ0) is 18.6. The molecule has 2 N–H and O–H groups in total. The molecule has 1 aromatic carbocycles. The van der Waals surface area contributed by atoms with Crippen molar-refractivity contribution in [3.8, 4) is 0 Å². The van der Waals surface area contributed by atoms with E-state index in [-0.39, 0.29) is 5.56 Å². The third kappa shape index (κ3) is 2.96. The second kappa shape index (κ2) is 5.40. The van der Waals surface area contributed by atoms with E-state index in [0.29, 0.717) is 0 Å². The Morgan fingerprint density at radius 1 is 1.36 bits per heavy atom. The number of nitrogens with two attached hydrogens (primary N) is 1. The van der Waals surface area contributed by atoms with Crippen LogP contribution >= 0.6 is 0 Å². The summed E-state index contributed by atoms with van der Waals surface area (Å²) < 4.78 is 73.3. The van der Waals surface area contributed by atoms with E-state index in [9.17, 15) is 26.7 Å². The maximum Gasteiger partial charge on any atom is 0.310 e. The maximum absolute atomic E-state index is 14.3. The van der Waals surface area contributed by atoms with Crippen LogP contribution in [0.5, 0.6) is 0 Å². The average Bonchev–Trinajstić information content (AvgIpc) is 3.14. The van der Waals surface area contributed by atoms with Crippen molar-refractivity contribution in [2.45, 2.75) is 37.1 Å². The van der Waals surface area contributed by atoms with Crippen LogP contribution in [0.4, 0.5) is 22.0 Å². The van der Waals surface area contributed by atoms with Gasteiger partial charge in [0.25, 0.3) is 11.9 Å². The number of halogens is 5. The van der Waals surface area contributed by atoms with E-state index < -0.39 is 65.9 Å². The molecule has 1 heterocycles. The first-order valence-corrected chi connectivity index (χ1v) is 7.52. The quantitative estimate of drug-likeness (QED) is 0.838. The number of ether oxygens (including phenoxy) is 1. The molecular weight excluding hydrogens is 347 g/mol. The topological polar surface area (TPSA) is 64.7 Å². The summed E-state index contributed by atoms with van der Waals surface area (Å²) in [5, 5.41) is 0. The Morgan fingerprint density at radius 3 is 2.60 bits per heavy atom. The van der Waals surface area contributed by atoms with E-state index >= 15 is 0 Å². The van der Waals surface area contributed by atoms with Crippen molar-refractivity contribution in [1.82, 2.24) is 0 Å².